The molecule has 0 N–H and O–H groups in total. The molecule has 1 aromatic carbocycles. The van der Waals surface area contributed by atoms with E-state index in [0.29, 0.717) is 34.3 Å². The van der Waals surface area contributed by atoms with E-state index < -0.39 is 23.7 Å². The summed E-state index contributed by atoms with van der Waals surface area (Å²) in [6.45, 7) is 1.82. The largest absolute Gasteiger partial charge is 0.480 e. The van der Waals surface area contributed by atoms with Crippen LogP contribution in [0.1, 0.15) is 42.6 Å². The lowest BCUT2D eigenvalue weighted by Crippen LogP contribution is -2.50. The molecule has 1 aliphatic heterocycles. The Kier molecular flexibility index (Phi) is 6.58. The van der Waals surface area contributed by atoms with Crippen molar-refractivity contribution in [3.8, 4) is 28.7 Å². The van der Waals surface area contributed by atoms with Gasteiger partial charge in [-0.15, -0.1) is 0 Å². The van der Waals surface area contributed by atoms with Crippen molar-refractivity contribution >= 4 is 17.4 Å². The lowest BCUT2D eigenvalue weighted by molar-refractivity contribution is -0.140. The third-order valence-electron chi connectivity index (χ3n) is 7.56. The number of amides is 1. The molecule has 2 aliphatic rings. The third-order valence-corrected chi connectivity index (χ3v) is 7.56. The van der Waals surface area contributed by atoms with Crippen LogP contribution >= 0.6 is 0 Å². The number of aromatic nitrogens is 6. The Bertz CT molecular complexity index is 1700. The lowest BCUT2D eigenvalue weighted by atomic mass is 10.1. The molecule has 1 aliphatic carbocycles. The number of hydrogen-bond donors (Lipinski definition) is 0. The Hall–Kier alpha value is -4.62. The maximum Gasteiger partial charge on any atom is 0.434 e. The van der Waals surface area contributed by atoms with Gasteiger partial charge >= 0.3 is 6.18 Å². The molecule has 14 heteroatoms. The number of anilines is 2. The molecule has 1 atom stereocenters. The molecular formula is C28H26F4N8O2. The predicted octanol–water partition coefficient (Wildman–Crippen LogP) is 4.75. The highest BCUT2D eigenvalue weighted by Crippen LogP contribution is 2.46. The van der Waals surface area contributed by atoms with E-state index in [0.717, 1.165) is 29.3 Å². The van der Waals surface area contributed by atoms with Gasteiger partial charge in [-0.05, 0) is 37.5 Å². The van der Waals surface area contributed by atoms with Crippen LogP contribution in [0.5, 0.6) is 5.88 Å². The Labute approximate surface area is 238 Å². The molecule has 0 bridgehead atoms. The standard InChI is InChI=1S/C28H26F4N8O2/c1-14-27(41)39(3)19-10-33-23(21-22(16-6-7-16)34-13-35-26(21)42-4)37-25(19)40(14)11-15-5-8-17(18(29)9-15)24-36-20(12-38(24)2)28(30,31)32/h5,8-10,12-14,16H,6-7,11H2,1-4H3. The summed E-state index contributed by atoms with van der Waals surface area (Å²) in [6.07, 6.45) is 1.13. The van der Waals surface area contributed by atoms with Gasteiger partial charge in [0.2, 0.25) is 11.8 Å². The number of imidazole rings is 1. The molecule has 218 valence electrons. The van der Waals surface area contributed by atoms with Crippen molar-refractivity contribution in [3.63, 3.8) is 0 Å². The van der Waals surface area contributed by atoms with Gasteiger partial charge in [0.25, 0.3) is 0 Å². The van der Waals surface area contributed by atoms with Crippen LogP contribution < -0.4 is 14.5 Å². The van der Waals surface area contributed by atoms with Crippen LogP contribution in [0.4, 0.5) is 29.1 Å². The summed E-state index contributed by atoms with van der Waals surface area (Å²) in [4.78, 5) is 38.1. The number of aryl methyl sites for hydroxylation is 1. The van der Waals surface area contributed by atoms with Crippen molar-refractivity contribution in [2.24, 2.45) is 7.05 Å². The van der Waals surface area contributed by atoms with Crippen LogP contribution in [0, 0.1) is 5.82 Å². The minimum Gasteiger partial charge on any atom is -0.480 e. The van der Waals surface area contributed by atoms with Gasteiger partial charge < -0.3 is 19.1 Å². The first-order valence-electron chi connectivity index (χ1n) is 13.2. The molecule has 1 unspecified atom stereocenters. The highest BCUT2D eigenvalue weighted by Gasteiger charge is 2.38. The summed E-state index contributed by atoms with van der Waals surface area (Å²) in [5.74, 6) is 0.281. The van der Waals surface area contributed by atoms with Crippen molar-refractivity contribution in [3.05, 3.63) is 59.7 Å². The number of methoxy groups -OCH3 is 1. The summed E-state index contributed by atoms with van der Waals surface area (Å²) in [5, 5.41) is 0. The van der Waals surface area contributed by atoms with Gasteiger partial charge in [-0.3, -0.25) is 4.79 Å². The van der Waals surface area contributed by atoms with Crippen LogP contribution in [0.15, 0.2) is 36.9 Å². The van der Waals surface area contributed by atoms with E-state index in [1.165, 1.54) is 37.5 Å². The number of alkyl halides is 3. The monoisotopic (exact) mass is 582 g/mol. The van der Waals surface area contributed by atoms with Gasteiger partial charge in [-0.2, -0.15) is 13.2 Å². The fraction of sp³-hybridized carbons (Fsp3) is 0.357. The van der Waals surface area contributed by atoms with E-state index in [1.54, 1.807) is 31.1 Å². The average Bonchev–Trinajstić information content (AvgIpc) is 3.74. The van der Waals surface area contributed by atoms with Crippen LogP contribution in [-0.2, 0) is 24.6 Å². The minimum absolute atomic E-state index is 0.0759. The van der Waals surface area contributed by atoms with Crippen LogP contribution in [0.25, 0.3) is 22.8 Å². The Morgan fingerprint density at radius 1 is 1.10 bits per heavy atom. The summed E-state index contributed by atoms with van der Waals surface area (Å²) in [6, 6.07) is 3.55. The minimum atomic E-state index is -4.65. The summed E-state index contributed by atoms with van der Waals surface area (Å²) < 4.78 is 61.4. The first kappa shape index (κ1) is 27.5. The van der Waals surface area contributed by atoms with Gasteiger partial charge in [0, 0.05) is 32.8 Å². The molecule has 4 aromatic rings. The molecule has 1 amide bonds. The second-order valence-electron chi connectivity index (χ2n) is 10.4. The fourth-order valence-corrected chi connectivity index (χ4v) is 5.16. The molecular weight excluding hydrogens is 556 g/mol. The van der Waals surface area contributed by atoms with Crippen LogP contribution in [0.3, 0.4) is 0 Å². The molecule has 0 saturated heterocycles. The smallest absolute Gasteiger partial charge is 0.434 e. The van der Waals surface area contributed by atoms with Gasteiger partial charge in [-0.1, -0.05) is 6.07 Å². The number of carbonyl (C=O) groups is 1. The number of likely N-dealkylation sites (N-methyl/N-ethyl adjacent to an activating group) is 1. The third kappa shape index (κ3) is 4.69. The van der Waals surface area contributed by atoms with Crippen molar-refractivity contribution in [2.75, 3.05) is 24.0 Å². The Morgan fingerprint density at radius 3 is 2.50 bits per heavy atom. The zero-order chi connectivity index (χ0) is 29.9. The maximum absolute atomic E-state index is 15.3. The quantitative estimate of drug-likeness (QED) is 0.300. The maximum atomic E-state index is 15.3. The van der Waals surface area contributed by atoms with Crippen LogP contribution in [0.2, 0.25) is 0 Å². The van der Waals surface area contributed by atoms with Crippen molar-refractivity contribution < 1.29 is 27.1 Å². The number of halogens is 4. The number of benzene rings is 1. The molecule has 3 aromatic heterocycles. The first-order chi connectivity index (χ1) is 20.0. The molecule has 1 fully saturated rings. The van der Waals surface area contributed by atoms with E-state index >= 15 is 4.39 Å². The predicted molar refractivity (Wildman–Crippen MR) is 144 cm³/mol. The van der Waals surface area contributed by atoms with Crippen molar-refractivity contribution in [1.82, 2.24) is 29.5 Å². The number of nitrogens with zero attached hydrogens (tertiary/aromatic N) is 8. The van der Waals surface area contributed by atoms with E-state index in [2.05, 4.69) is 19.9 Å². The van der Waals surface area contributed by atoms with E-state index in [1.807, 2.05) is 0 Å². The molecule has 1 saturated carbocycles. The van der Waals surface area contributed by atoms with E-state index in [4.69, 9.17) is 9.72 Å². The summed E-state index contributed by atoms with van der Waals surface area (Å²) in [7, 11) is 4.52. The number of rotatable bonds is 6. The molecule has 10 nitrogen and oxygen atoms in total. The van der Waals surface area contributed by atoms with Crippen molar-refractivity contribution in [1.29, 1.82) is 0 Å². The highest BCUT2D eigenvalue weighted by atomic mass is 19.4. The highest BCUT2D eigenvalue weighted by molar-refractivity contribution is 6.04. The summed E-state index contributed by atoms with van der Waals surface area (Å²) in [5.41, 5.74) is 1.15. The van der Waals surface area contributed by atoms with Crippen molar-refractivity contribution in [2.45, 2.75) is 44.4 Å². The number of fused-ring (bicyclic) bond motifs is 1. The fourth-order valence-electron chi connectivity index (χ4n) is 5.16. The van der Waals surface area contributed by atoms with Gasteiger partial charge in [0.05, 0.1) is 24.6 Å². The molecule has 6 rings (SSSR count). The normalized spacial score (nSPS) is 17.0. The lowest BCUT2D eigenvalue weighted by Gasteiger charge is -2.39. The second kappa shape index (κ2) is 10.0. The average molecular weight is 583 g/mol. The molecule has 4 heterocycles. The number of ether oxygens (including phenoxy) is 1. The summed E-state index contributed by atoms with van der Waals surface area (Å²) >= 11 is 0. The van der Waals surface area contributed by atoms with Crippen LogP contribution in [-0.4, -0.2) is 55.6 Å². The van der Waals surface area contributed by atoms with E-state index in [9.17, 15) is 18.0 Å². The number of carbonyl (C=O) groups excluding carboxylic acids is 1. The second-order valence-corrected chi connectivity index (χ2v) is 10.4. The first-order valence-corrected chi connectivity index (χ1v) is 13.2. The van der Waals surface area contributed by atoms with Gasteiger partial charge in [0.15, 0.2) is 17.3 Å². The van der Waals surface area contributed by atoms with E-state index in [-0.39, 0.29) is 29.8 Å². The Balaban J connectivity index is 1.38. The number of hydrogen-bond acceptors (Lipinski definition) is 8. The molecule has 0 radical (unpaired) electrons. The molecule has 42 heavy (non-hydrogen) atoms. The Morgan fingerprint density at radius 2 is 1.86 bits per heavy atom. The SMILES string of the molecule is COc1ncnc(C2CC2)c1-c1ncc2c(n1)N(Cc1ccc(-c3nc(C(F)(F)F)cn3C)c(F)c1)C(C)C(=O)N2C. The van der Waals surface area contributed by atoms with Gasteiger partial charge in [0.1, 0.15) is 35.3 Å². The topological polar surface area (TPSA) is 102 Å². The van der Waals surface area contributed by atoms with Gasteiger partial charge in [-0.25, -0.2) is 29.3 Å². The zero-order valence-corrected chi connectivity index (χ0v) is 23.1. The molecule has 0 spiro atoms. The zero-order valence-electron chi connectivity index (χ0n) is 23.1.